The van der Waals surface area contributed by atoms with Crippen LogP contribution < -0.4 is 16.0 Å². The van der Waals surface area contributed by atoms with Crippen LogP contribution in [-0.2, 0) is 19.2 Å². The number of carbonyl (C=O) groups excluding carboxylic acids is 3. The first-order chi connectivity index (χ1) is 13.7. The molecule has 0 heterocycles. The second kappa shape index (κ2) is 15.8. The van der Waals surface area contributed by atoms with E-state index < -0.39 is 24.0 Å². The Hall–Kier alpha value is -2.12. The van der Waals surface area contributed by atoms with Gasteiger partial charge in [0.25, 0.3) is 0 Å². The van der Waals surface area contributed by atoms with Gasteiger partial charge in [-0.15, -0.1) is 0 Å². The Morgan fingerprint density at radius 3 is 2.00 bits per heavy atom. The van der Waals surface area contributed by atoms with Gasteiger partial charge in [-0.25, -0.2) is 4.79 Å². The highest BCUT2D eigenvalue weighted by Gasteiger charge is 2.27. The molecule has 0 aromatic carbocycles. The molecule has 0 fully saturated rings. The van der Waals surface area contributed by atoms with Crippen LogP contribution in [0.15, 0.2) is 0 Å². The highest BCUT2D eigenvalue weighted by molar-refractivity contribution is 5.90. The topological polar surface area (TPSA) is 125 Å². The maximum absolute atomic E-state index is 12.6. The van der Waals surface area contributed by atoms with Crippen LogP contribution in [0, 0.1) is 5.92 Å². The minimum atomic E-state index is -1.20. The molecule has 0 bridgehead atoms. The van der Waals surface area contributed by atoms with Crippen LogP contribution in [0.3, 0.4) is 0 Å². The molecule has 29 heavy (non-hydrogen) atoms. The zero-order valence-electron chi connectivity index (χ0n) is 18.4. The third-order valence-electron chi connectivity index (χ3n) is 4.67. The number of nitrogens with one attached hydrogen (secondary N) is 3. The monoisotopic (exact) mass is 413 g/mol. The first-order valence-corrected chi connectivity index (χ1v) is 10.7. The fraction of sp³-hybridized carbons (Fsp3) is 0.810. The Labute approximate surface area is 174 Å². The predicted molar refractivity (Wildman–Crippen MR) is 112 cm³/mol. The van der Waals surface area contributed by atoms with Gasteiger partial charge in [-0.1, -0.05) is 52.9 Å². The summed E-state index contributed by atoms with van der Waals surface area (Å²) in [7, 11) is 1.47. The number of hydrogen-bond acceptors (Lipinski definition) is 4. The summed E-state index contributed by atoms with van der Waals surface area (Å²) < 4.78 is 0. The minimum absolute atomic E-state index is 0.00696. The average molecular weight is 414 g/mol. The number of rotatable bonds is 16. The molecule has 0 spiro atoms. The molecular weight excluding hydrogens is 374 g/mol. The Morgan fingerprint density at radius 2 is 1.45 bits per heavy atom. The molecule has 8 nitrogen and oxygen atoms in total. The van der Waals surface area contributed by atoms with Crippen LogP contribution in [0.1, 0.15) is 85.0 Å². The first kappa shape index (κ1) is 26.9. The highest BCUT2D eigenvalue weighted by Crippen LogP contribution is 2.09. The van der Waals surface area contributed by atoms with E-state index in [-0.39, 0.29) is 30.6 Å². The smallest absolute Gasteiger partial charge is 0.326 e. The van der Waals surface area contributed by atoms with E-state index in [9.17, 15) is 24.3 Å². The lowest BCUT2D eigenvalue weighted by molar-refractivity contribution is -0.142. The number of aliphatic carboxylic acids is 1. The molecule has 4 N–H and O–H groups in total. The van der Waals surface area contributed by atoms with Crippen molar-refractivity contribution in [3.05, 3.63) is 0 Å². The summed E-state index contributed by atoms with van der Waals surface area (Å²) in [6.07, 6.45) is 7.15. The Kier molecular flexibility index (Phi) is 14.6. The van der Waals surface area contributed by atoms with Crippen molar-refractivity contribution in [3.63, 3.8) is 0 Å². The van der Waals surface area contributed by atoms with Crippen molar-refractivity contribution in [2.75, 3.05) is 7.05 Å². The molecule has 2 unspecified atom stereocenters. The second-order valence-corrected chi connectivity index (χ2v) is 7.88. The molecule has 0 aliphatic rings. The van der Waals surface area contributed by atoms with Gasteiger partial charge in [-0.3, -0.25) is 14.4 Å². The molecular formula is C21H39N3O5. The van der Waals surface area contributed by atoms with Gasteiger partial charge in [0.1, 0.15) is 12.1 Å². The summed E-state index contributed by atoms with van der Waals surface area (Å²) in [5.74, 6) is -2.08. The third kappa shape index (κ3) is 13.7. The van der Waals surface area contributed by atoms with Crippen molar-refractivity contribution < 1.29 is 24.3 Å². The summed E-state index contributed by atoms with van der Waals surface area (Å²) >= 11 is 0. The number of amides is 3. The molecule has 0 aromatic rings. The molecule has 168 valence electrons. The number of carboxylic acids is 1. The molecule has 0 radical (unpaired) electrons. The van der Waals surface area contributed by atoms with Crippen LogP contribution in [0.25, 0.3) is 0 Å². The fourth-order valence-electron chi connectivity index (χ4n) is 2.97. The van der Waals surface area contributed by atoms with Crippen molar-refractivity contribution in [3.8, 4) is 0 Å². The van der Waals surface area contributed by atoms with Crippen LogP contribution >= 0.6 is 0 Å². The number of hydrogen-bond donors (Lipinski definition) is 4. The Balaban J connectivity index is 4.67. The number of unbranched alkanes of at least 4 members (excludes halogenated alkanes) is 5. The van der Waals surface area contributed by atoms with Crippen molar-refractivity contribution in [2.24, 2.45) is 5.92 Å². The summed E-state index contributed by atoms with van der Waals surface area (Å²) in [4.78, 5) is 47.6. The van der Waals surface area contributed by atoms with E-state index in [4.69, 9.17) is 0 Å². The van der Waals surface area contributed by atoms with Crippen molar-refractivity contribution in [1.82, 2.24) is 16.0 Å². The van der Waals surface area contributed by atoms with Gasteiger partial charge in [-0.05, 0) is 25.2 Å². The van der Waals surface area contributed by atoms with Crippen molar-refractivity contribution in [1.29, 1.82) is 0 Å². The zero-order valence-corrected chi connectivity index (χ0v) is 18.4. The maximum Gasteiger partial charge on any atom is 0.326 e. The van der Waals surface area contributed by atoms with Gasteiger partial charge in [0.2, 0.25) is 17.7 Å². The minimum Gasteiger partial charge on any atom is -0.480 e. The van der Waals surface area contributed by atoms with E-state index in [1.165, 1.54) is 26.3 Å². The third-order valence-corrected chi connectivity index (χ3v) is 4.67. The first-order valence-electron chi connectivity index (χ1n) is 10.7. The predicted octanol–water partition coefficient (Wildman–Crippen LogP) is 2.36. The maximum atomic E-state index is 12.6. The van der Waals surface area contributed by atoms with Crippen LogP contribution in [-0.4, -0.2) is 47.9 Å². The lowest BCUT2D eigenvalue weighted by Crippen LogP contribution is -2.52. The normalized spacial score (nSPS) is 12.9. The average Bonchev–Trinajstić information content (AvgIpc) is 2.66. The van der Waals surface area contributed by atoms with E-state index in [0.717, 1.165) is 19.3 Å². The van der Waals surface area contributed by atoms with Crippen LogP contribution in [0.4, 0.5) is 0 Å². The quantitative estimate of drug-likeness (QED) is 0.289. The molecule has 0 saturated heterocycles. The van der Waals surface area contributed by atoms with Gasteiger partial charge < -0.3 is 21.1 Å². The van der Waals surface area contributed by atoms with E-state index in [1.807, 2.05) is 13.8 Å². The SMILES string of the molecule is CCCCCCCCC(=O)NC(CC(C)C)C(=O)NC(CCC(=O)NC)C(=O)O. The molecule has 0 rings (SSSR count). The largest absolute Gasteiger partial charge is 0.480 e. The van der Waals surface area contributed by atoms with Crippen LogP contribution in [0.2, 0.25) is 0 Å². The van der Waals surface area contributed by atoms with Gasteiger partial charge in [0, 0.05) is 19.9 Å². The molecule has 0 aliphatic carbocycles. The summed E-state index contributed by atoms with van der Waals surface area (Å²) in [6, 6.07) is -1.96. The molecule has 2 atom stereocenters. The molecule has 0 aliphatic heterocycles. The Bertz CT molecular complexity index is 522. The van der Waals surface area contributed by atoms with E-state index in [0.29, 0.717) is 12.8 Å². The van der Waals surface area contributed by atoms with Gasteiger partial charge in [0.15, 0.2) is 0 Å². The lowest BCUT2D eigenvalue weighted by Gasteiger charge is -2.22. The highest BCUT2D eigenvalue weighted by atomic mass is 16.4. The van der Waals surface area contributed by atoms with E-state index in [1.54, 1.807) is 0 Å². The lowest BCUT2D eigenvalue weighted by atomic mass is 10.0. The van der Waals surface area contributed by atoms with Gasteiger partial charge in [0.05, 0.1) is 0 Å². The molecule has 8 heteroatoms. The van der Waals surface area contributed by atoms with E-state index in [2.05, 4.69) is 22.9 Å². The number of carbonyl (C=O) groups is 4. The van der Waals surface area contributed by atoms with Crippen molar-refractivity contribution >= 4 is 23.7 Å². The summed E-state index contributed by atoms with van der Waals surface area (Å²) in [5.41, 5.74) is 0. The molecule has 0 saturated carbocycles. The second-order valence-electron chi connectivity index (χ2n) is 7.88. The van der Waals surface area contributed by atoms with E-state index >= 15 is 0 Å². The van der Waals surface area contributed by atoms with Crippen molar-refractivity contribution in [2.45, 2.75) is 97.1 Å². The zero-order chi connectivity index (χ0) is 22.2. The standard InChI is InChI=1S/C21H39N3O5/c1-5-6-7-8-9-10-11-19(26)23-17(14-15(2)3)20(27)24-16(21(28)29)12-13-18(25)22-4/h15-17H,5-14H2,1-4H3,(H,22,25)(H,23,26)(H,24,27)(H,28,29). The number of carboxylic acid groups (broad SMARTS) is 1. The fourth-order valence-corrected chi connectivity index (χ4v) is 2.97. The Morgan fingerprint density at radius 1 is 0.828 bits per heavy atom. The molecule has 0 aromatic heterocycles. The van der Waals surface area contributed by atoms with Gasteiger partial charge in [-0.2, -0.15) is 0 Å². The molecule has 3 amide bonds. The summed E-state index contributed by atoms with van der Waals surface area (Å²) in [5, 5.41) is 17.0. The summed E-state index contributed by atoms with van der Waals surface area (Å²) in [6.45, 7) is 6.02. The van der Waals surface area contributed by atoms with Gasteiger partial charge >= 0.3 is 5.97 Å². The van der Waals surface area contributed by atoms with Crippen LogP contribution in [0.5, 0.6) is 0 Å².